The summed E-state index contributed by atoms with van der Waals surface area (Å²) in [6, 6.07) is 4.88. The Morgan fingerprint density at radius 2 is 2.06 bits per heavy atom. The number of carbonyl (C=O) groups excluding carboxylic acids is 2. The molecule has 17 heavy (non-hydrogen) atoms. The summed E-state index contributed by atoms with van der Waals surface area (Å²) >= 11 is 5.91. The third-order valence-corrected chi connectivity index (χ3v) is 2.98. The maximum Gasteiger partial charge on any atom is 0.252 e. The van der Waals surface area contributed by atoms with Gasteiger partial charge >= 0.3 is 0 Å². The van der Waals surface area contributed by atoms with Crippen molar-refractivity contribution < 1.29 is 9.59 Å². The Kier molecular flexibility index (Phi) is 3.33. The zero-order chi connectivity index (χ0) is 12.4. The molecule has 0 aliphatic heterocycles. The Labute approximate surface area is 104 Å². The Balaban J connectivity index is 2.17. The smallest absolute Gasteiger partial charge is 0.252 e. The monoisotopic (exact) mass is 252 g/mol. The fourth-order valence-electron chi connectivity index (χ4n) is 1.50. The van der Waals surface area contributed by atoms with Crippen molar-refractivity contribution in [1.29, 1.82) is 0 Å². The van der Waals surface area contributed by atoms with Gasteiger partial charge in [0.2, 0.25) is 5.91 Å². The first-order valence-corrected chi connectivity index (χ1v) is 5.82. The zero-order valence-electron chi connectivity index (χ0n) is 9.42. The topological polar surface area (TPSA) is 58.2 Å². The molecule has 0 heterocycles. The molecular weight excluding hydrogens is 240 g/mol. The van der Waals surface area contributed by atoms with Crippen LogP contribution >= 0.6 is 11.6 Å². The van der Waals surface area contributed by atoms with Crippen LogP contribution in [-0.4, -0.2) is 18.9 Å². The maximum absolute atomic E-state index is 11.6. The number of benzene rings is 1. The Bertz CT molecular complexity index is 470. The lowest BCUT2D eigenvalue weighted by molar-refractivity contribution is -0.117. The predicted molar refractivity (Wildman–Crippen MR) is 66.2 cm³/mol. The number of hydrogen-bond donors (Lipinski definition) is 2. The number of halogens is 1. The molecular formula is C12H13ClN2O2. The van der Waals surface area contributed by atoms with E-state index in [9.17, 15) is 9.59 Å². The summed E-state index contributed by atoms with van der Waals surface area (Å²) < 4.78 is 0. The fraction of sp³-hybridized carbons (Fsp3) is 0.333. The molecule has 0 atom stereocenters. The van der Waals surface area contributed by atoms with Gasteiger partial charge in [-0.3, -0.25) is 9.59 Å². The van der Waals surface area contributed by atoms with Gasteiger partial charge in [-0.25, -0.2) is 0 Å². The quantitative estimate of drug-likeness (QED) is 0.865. The largest absolute Gasteiger partial charge is 0.355 e. The molecule has 90 valence electrons. The van der Waals surface area contributed by atoms with Crippen molar-refractivity contribution in [3.8, 4) is 0 Å². The molecule has 5 heteroatoms. The van der Waals surface area contributed by atoms with Crippen LogP contribution in [0.2, 0.25) is 5.02 Å². The summed E-state index contributed by atoms with van der Waals surface area (Å²) in [5, 5.41) is 5.64. The highest BCUT2D eigenvalue weighted by Gasteiger charge is 2.29. The van der Waals surface area contributed by atoms with Crippen LogP contribution in [0.5, 0.6) is 0 Å². The van der Waals surface area contributed by atoms with E-state index < -0.39 is 0 Å². The first-order chi connectivity index (χ1) is 8.11. The molecule has 0 bridgehead atoms. The molecule has 0 unspecified atom stereocenters. The van der Waals surface area contributed by atoms with E-state index in [1.807, 2.05) is 0 Å². The molecule has 0 radical (unpaired) electrons. The summed E-state index contributed by atoms with van der Waals surface area (Å²) in [4.78, 5) is 23.1. The Hall–Kier alpha value is -1.55. The lowest BCUT2D eigenvalue weighted by atomic mass is 10.2. The number of nitrogens with one attached hydrogen (secondary N) is 2. The molecule has 2 rings (SSSR count). The van der Waals surface area contributed by atoms with E-state index in [1.54, 1.807) is 18.2 Å². The van der Waals surface area contributed by atoms with E-state index >= 15 is 0 Å². The van der Waals surface area contributed by atoms with Gasteiger partial charge in [0, 0.05) is 18.7 Å². The van der Waals surface area contributed by atoms with E-state index in [4.69, 9.17) is 11.6 Å². The van der Waals surface area contributed by atoms with Gasteiger partial charge in [-0.05, 0) is 31.0 Å². The number of rotatable bonds is 3. The molecule has 1 fully saturated rings. The highest BCUT2D eigenvalue weighted by atomic mass is 35.5. The second-order valence-corrected chi connectivity index (χ2v) is 4.44. The minimum Gasteiger partial charge on any atom is -0.355 e. The van der Waals surface area contributed by atoms with Gasteiger partial charge in [0.15, 0.2) is 0 Å². The van der Waals surface area contributed by atoms with Crippen molar-refractivity contribution in [2.75, 3.05) is 12.4 Å². The summed E-state index contributed by atoms with van der Waals surface area (Å²) in [6.07, 6.45) is 1.89. The first kappa shape index (κ1) is 11.9. The molecule has 0 saturated heterocycles. The molecule has 1 aliphatic carbocycles. The summed E-state index contributed by atoms with van der Waals surface area (Å²) in [6.45, 7) is 0. The van der Waals surface area contributed by atoms with Crippen molar-refractivity contribution >= 4 is 29.1 Å². The lowest BCUT2D eigenvalue weighted by Crippen LogP contribution is -2.19. The van der Waals surface area contributed by atoms with E-state index in [0.717, 1.165) is 12.8 Å². The molecule has 0 aromatic heterocycles. The highest BCUT2D eigenvalue weighted by Crippen LogP contribution is 2.30. The van der Waals surface area contributed by atoms with Crippen LogP contribution in [-0.2, 0) is 4.79 Å². The van der Waals surface area contributed by atoms with Gasteiger partial charge in [-0.15, -0.1) is 0 Å². The maximum atomic E-state index is 11.6. The molecule has 0 spiro atoms. The predicted octanol–water partition coefficient (Wildman–Crippen LogP) is 2.05. The van der Waals surface area contributed by atoms with Crippen LogP contribution in [0.15, 0.2) is 18.2 Å². The van der Waals surface area contributed by atoms with Gasteiger partial charge < -0.3 is 10.6 Å². The van der Waals surface area contributed by atoms with Gasteiger partial charge in [0.25, 0.3) is 5.91 Å². The normalized spacial score (nSPS) is 14.2. The highest BCUT2D eigenvalue weighted by molar-refractivity contribution is 6.34. The number of anilines is 1. The van der Waals surface area contributed by atoms with Crippen molar-refractivity contribution in [1.82, 2.24) is 5.32 Å². The standard InChI is InChI=1S/C12H13ClN2O2/c1-14-12(17)9-6-8(4-5-10(9)13)15-11(16)7-2-3-7/h4-7H,2-3H2,1H3,(H,14,17)(H,15,16). The summed E-state index contributed by atoms with van der Waals surface area (Å²) in [5.74, 6) is -0.123. The van der Waals surface area contributed by atoms with E-state index in [-0.39, 0.29) is 17.7 Å². The SMILES string of the molecule is CNC(=O)c1cc(NC(=O)C2CC2)ccc1Cl. The van der Waals surface area contributed by atoms with Crippen LogP contribution < -0.4 is 10.6 Å². The third-order valence-electron chi connectivity index (χ3n) is 2.65. The van der Waals surface area contributed by atoms with E-state index in [1.165, 1.54) is 7.05 Å². The van der Waals surface area contributed by atoms with Crippen LogP contribution in [0.3, 0.4) is 0 Å². The fourth-order valence-corrected chi connectivity index (χ4v) is 1.70. The van der Waals surface area contributed by atoms with Crippen molar-refractivity contribution in [3.63, 3.8) is 0 Å². The van der Waals surface area contributed by atoms with Crippen molar-refractivity contribution in [2.24, 2.45) is 5.92 Å². The Morgan fingerprint density at radius 3 is 2.65 bits per heavy atom. The van der Waals surface area contributed by atoms with Crippen LogP contribution in [0.25, 0.3) is 0 Å². The molecule has 1 saturated carbocycles. The summed E-state index contributed by atoms with van der Waals surface area (Å²) in [5.41, 5.74) is 0.965. The second kappa shape index (κ2) is 4.75. The van der Waals surface area contributed by atoms with Gasteiger partial charge in [-0.1, -0.05) is 11.6 Å². The minimum absolute atomic E-state index is 0.00943. The second-order valence-electron chi connectivity index (χ2n) is 4.04. The van der Waals surface area contributed by atoms with Gasteiger partial charge in [0.1, 0.15) is 0 Å². The minimum atomic E-state index is -0.266. The Morgan fingerprint density at radius 1 is 1.35 bits per heavy atom. The van der Waals surface area contributed by atoms with E-state index in [2.05, 4.69) is 10.6 Å². The van der Waals surface area contributed by atoms with Crippen molar-refractivity contribution in [3.05, 3.63) is 28.8 Å². The lowest BCUT2D eigenvalue weighted by Gasteiger charge is -2.08. The molecule has 1 aromatic carbocycles. The molecule has 1 aliphatic rings. The van der Waals surface area contributed by atoms with Crippen LogP contribution in [0, 0.1) is 5.92 Å². The average Bonchev–Trinajstić information content (AvgIpc) is 3.14. The number of amides is 2. The first-order valence-electron chi connectivity index (χ1n) is 5.44. The molecule has 4 nitrogen and oxygen atoms in total. The van der Waals surface area contributed by atoms with Crippen molar-refractivity contribution in [2.45, 2.75) is 12.8 Å². The van der Waals surface area contributed by atoms with Crippen LogP contribution in [0.4, 0.5) is 5.69 Å². The summed E-state index contributed by atoms with van der Waals surface area (Å²) in [7, 11) is 1.54. The third kappa shape index (κ3) is 2.77. The molecule has 2 N–H and O–H groups in total. The number of hydrogen-bond acceptors (Lipinski definition) is 2. The number of carbonyl (C=O) groups is 2. The molecule has 1 aromatic rings. The van der Waals surface area contributed by atoms with E-state index in [0.29, 0.717) is 16.3 Å². The zero-order valence-corrected chi connectivity index (χ0v) is 10.2. The van der Waals surface area contributed by atoms with Gasteiger partial charge in [-0.2, -0.15) is 0 Å². The van der Waals surface area contributed by atoms with Crippen LogP contribution in [0.1, 0.15) is 23.2 Å². The van der Waals surface area contributed by atoms with Gasteiger partial charge in [0.05, 0.1) is 10.6 Å². The molecule has 2 amide bonds. The average molecular weight is 253 g/mol.